The third kappa shape index (κ3) is 2.24. The van der Waals surface area contributed by atoms with Crippen LogP contribution in [-0.4, -0.2) is 0 Å². The number of rotatable bonds is 3. The zero-order valence-electron chi connectivity index (χ0n) is 11.6. The van der Waals surface area contributed by atoms with Crippen LogP contribution in [0.2, 0.25) is 0 Å². The molecule has 1 fully saturated rings. The third-order valence-electron chi connectivity index (χ3n) is 5.47. The van der Waals surface area contributed by atoms with Crippen molar-refractivity contribution in [3.8, 4) is 0 Å². The molecule has 0 nitrogen and oxygen atoms in total. The number of hydrogen-bond acceptors (Lipinski definition) is 0. The van der Waals surface area contributed by atoms with Gasteiger partial charge in [0.05, 0.1) is 0 Å². The molecule has 0 aromatic rings. The molecule has 0 aliphatic heterocycles. The summed E-state index contributed by atoms with van der Waals surface area (Å²) in [5, 5.41) is 0. The van der Waals surface area contributed by atoms with E-state index in [-0.39, 0.29) is 0 Å². The Bertz CT molecular complexity index is 139. The van der Waals surface area contributed by atoms with Crippen molar-refractivity contribution < 1.29 is 0 Å². The summed E-state index contributed by atoms with van der Waals surface area (Å²) in [7, 11) is 0. The van der Waals surface area contributed by atoms with Crippen LogP contribution in [0.4, 0.5) is 0 Å². The lowest BCUT2D eigenvalue weighted by Gasteiger charge is -2.49. The van der Waals surface area contributed by atoms with Crippen LogP contribution in [0.5, 0.6) is 0 Å². The lowest BCUT2D eigenvalue weighted by atomic mass is 9.56. The Morgan fingerprint density at radius 1 is 0.533 bits per heavy atom. The highest BCUT2D eigenvalue weighted by atomic mass is 14.5. The van der Waals surface area contributed by atoms with Gasteiger partial charge >= 0.3 is 0 Å². The van der Waals surface area contributed by atoms with Crippen LogP contribution in [0, 0.1) is 35.5 Å². The van der Waals surface area contributed by atoms with Gasteiger partial charge in [-0.15, -0.1) is 0 Å². The maximum atomic E-state index is 2.50. The normalized spacial score (nSPS) is 46.8. The Morgan fingerprint density at radius 3 is 0.867 bits per heavy atom. The summed E-state index contributed by atoms with van der Waals surface area (Å²) >= 11 is 0. The van der Waals surface area contributed by atoms with E-state index in [4.69, 9.17) is 0 Å². The van der Waals surface area contributed by atoms with E-state index in [2.05, 4.69) is 41.5 Å². The average molecular weight is 210 g/mol. The van der Waals surface area contributed by atoms with E-state index in [1.165, 1.54) is 19.3 Å². The van der Waals surface area contributed by atoms with Crippen molar-refractivity contribution >= 4 is 0 Å². The maximum absolute atomic E-state index is 2.50. The molecule has 0 spiro atoms. The van der Waals surface area contributed by atoms with Crippen molar-refractivity contribution in [3.63, 3.8) is 0 Å². The second-order valence-electron chi connectivity index (χ2n) is 5.79. The van der Waals surface area contributed by atoms with E-state index < -0.39 is 0 Å². The van der Waals surface area contributed by atoms with Crippen molar-refractivity contribution in [2.75, 3.05) is 0 Å². The van der Waals surface area contributed by atoms with Crippen LogP contribution in [0.25, 0.3) is 0 Å². The summed E-state index contributed by atoms with van der Waals surface area (Å²) in [5.41, 5.74) is 0. The van der Waals surface area contributed by atoms with Gasteiger partial charge in [0.2, 0.25) is 0 Å². The van der Waals surface area contributed by atoms with E-state index in [1.54, 1.807) is 0 Å². The van der Waals surface area contributed by atoms with Gasteiger partial charge in [0.25, 0.3) is 0 Å². The predicted octanol–water partition coefficient (Wildman–Crippen LogP) is 4.99. The quantitative estimate of drug-likeness (QED) is 0.616. The summed E-state index contributed by atoms with van der Waals surface area (Å²) in [6.07, 6.45) is 4.13. The van der Waals surface area contributed by atoms with Crippen molar-refractivity contribution in [2.24, 2.45) is 35.5 Å². The van der Waals surface area contributed by atoms with E-state index in [0.29, 0.717) is 0 Å². The van der Waals surface area contributed by atoms with Gasteiger partial charge in [-0.1, -0.05) is 60.8 Å². The molecule has 0 heterocycles. The summed E-state index contributed by atoms with van der Waals surface area (Å²) in [6.45, 7) is 14.6. The van der Waals surface area contributed by atoms with Gasteiger partial charge < -0.3 is 0 Å². The van der Waals surface area contributed by atoms with Gasteiger partial charge in [-0.05, 0) is 35.5 Å². The largest absolute Gasteiger partial charge is 0.0651 e. The minimum absolute atomic E-state index is 0.938. The molecule has 1 rings (SSSR count). The molecule has 0 heteroatoms. The second-order valence-corrected chi connectivity index (χ2v) is 5.79. The first-order valence-corrected chi connectivity index (χ1v) is 7.08. The molecular weight excluding hydrogens is 180 g/mol. The Kier molecular flexibility index (Phi) is 4.67. The van der Waals surface area contributed by atoms with Crippen molar-refractivity contribution in [3.05, 3.63) is 0 Å². The number of hydrogen-bond donors (Lipinski definition) is 0. The molecule has 0 amide bonds. The summed E-state index contributed by atoms with van der Waals surface area (Å²) in [6, 6.07) is 0. The first-order valence-electron chi connectivity index (χ1n) is 7.08. The minimum atomic E-state index is 0.938. The molecule has 0 atom stereocenters. The molecule has 1 saturated carbocycles. The van der Waals surface area contributed by atoms with Crippen LogP contribution in [-0.2, 0) is 0 Å². The standard InChI is InChI=1S/C15H30/c1-7-13-10(4)14(8-2)12(6)15(9-3)11(13)5/h10-15H,7-9H2,1-6H3. The zero-order chi connectivity index (χ0) is 11.6. The topological polar surface area (TPSA) is 0 Å². The summed E-state index contributed by atoms with van der Waals surface area (Å²) in [4.78, 5) is 0. The molecule has 1 aliphatic carbocycles. The van der Waals surface area contributed by atoms with Gasteiger partial charge in [-0.25, -0.2) is 0 Å². The third-order valence-corrected chi connectivity index (χ3v) is 5.47. The van der Waals surface area contributed by atoms with Crippen molar-refractivity contribution in [2.45, 2.75) is 60.8 Å². The van der Waals surface area contributed by atoms with Crippen LogP contribution in [0.15, 0.2) is 0 Å². The van der Waals surface area contributed by atoms with Gasteiger partial charge in [-0.3, -0.25) is 0 Å². The van der Waals surface area contributed by atoms with E-state index in [1.807, 2.05) is 0 Å². The molecule has 0 bridgehead atoms. The predicted molar refractivity (Wildman–Crippen MR) is 68.8 cm³/mol. The molecule has 0 radical (unpaired) electrons. The van der Waals surface area contributed by atoms with Gasteiger partial charge in [0, 0.05) is 0 Å². The molecule has 0 saturated heterocycles. The molecular formula is C15H30. The summed E-state index contributed by atoms with van der Waals surface area (Å²) in [5.74, 6) is 5.72. The fourth-order valence-corrected chi connectivity index (χ4v) is 4.62. The van der Waals surface area contributed by atoms with E-state index in [9.17, 15) is 0 Å². The second kappa shape index (κ2) is 5.37. The lowest BCUT2D eigenvalue weighted by molar-refractivity contribution is -0.00251. The Hall–Kier alpha value is 0. The minimum Gasteiger partial charge on any atom is -0.0651 e. The highest BCUT2D eigenvalue weighted by molar-refractivity contribution is 4.90. The van der Waals surface area contributed by atoms with Crippen LogP contribution in [0.1, 0.15) is 60.8 Å². The van der Waals surface area contributed by atoms with E-state index in [0.717, 1.165) is 35.5 Å². The fraction of sp³-hybridized carbons (Fsp3) is 1.00. The SMILES string of the molecule is CCC1C(C)C(CC)C(C)C(CC)C1C. The lowest BCUT2D eigenvalue weighted by Crippen LogP contribution is -2.42. The molecule has 90 valence electrons. The molecule has 0 unspecified atom stereocenters. The maximum Gasteiger partial charge on any atom is -0.0360 e. The monoisotopic (exact) mass is 210 g/mol. The fourth-order valence-electron chi connectivity index (χ4n) is 4.62. The molecule has 0 aromatic carbocycles. The van der Waals surface area contributed by atoms with Crippen molar-refractivity contribution in [1.82, 2.24) is 0 Å². The molecule has 0 N–H and O–H groups in total. The Labute approximate surface area is 96.8 Å². The Morgan fingerprint density at radius 2 is 0.733 bits per heavy atom. The molecule has 0 aromatic heterocycles. The first-order chi connectivity index (χ1) is 7.08. The smallest absolute Gasteiger partial charge is 0.0360 e. The van der Waals surface area contributed by atoms with Crippen LogP contribution >= 0.6 is 0 Å². The first kappa shape index (κ1) is 13.1. The molecule has 1 aliphatic rings. The van der Waals surface area contributed by atoms with Gasteiger partial charge in [0.15, 0.2) is 0 Å². The van der Waals surface area contributed by atoms with Gasteiger partial charge in [-0.2, -0.15) is 0 Å². The highest BCUT2D eigenvalue weighted by Gasteiger charge is 2.42. The summed E-state index contributed by atoms with van der Waals surface area (Å²) < 4.78 is 0. The van der Waals surface area contributed by atoms with Gasteiger partial charge in [0.1, 0.15) is 0 Å². The average Bonchev–Trinajstić information content (AvgIpc) is 2.19. The highest BCUT2D eigenvalue weighted by Crippen LogP contribution is 2.49. The van der Waals surface area contributed by atoms with Crippen LogP contribution < -0.4 is 0 Å². The zero-order valence-corrected chi connectivity index (χ0v) is 11.6. The van der Waals surface area contributed by atoms with Crippen molar-refractivity contribution in [1.29, 1.82) is 0 Å². The van der Waals surface area contributed by atoms with E-state index >= 15 is 0 Å². The van der Waals surface area contributed by atoms with Crippen LogP contribution in [0.3, 0.4) is 0 Å². The Balaban J connectivity index is 2.87. The molecule has 15 heavy (non-hydrogen) atoms.